The van der Waals surface area contributed by atoms with Crippen molar-refractivity contribution in [2.75, 3.05) is 31.6 Å². The number of anilines is 1. The number of benzene rings is 1. The Balaban J connectivity index is 1.84. The molecule has 0 saturated carbocycles. The summed E-state index contributed by atoms with van der Waals surface area (Å²) >= 11 is 0. The Morgan fingerprint density at radius 2 is 2.00 bits per heavy atom. The minimum Gasteiger partial charge on any atom is -0.495 e. The first kappa shape index (κ1) is 18.0. The Labute approximate surface area is 152 Å². The molecule has 3 rings (SSSR count). The largest absolute Gasteiger partial charge is 0.495 e. The van der Waals surface area contributed by atoms with Gasteiger partial charge < -0.3 is 19.5 Å². The molecule has 1 fully saturated rings. The van der Waals surface area contributed by atoms with E-state index < -0.39 is 5.56 Å². The number of hydrogen-bond donors (Lipinski definition) is 1. The average molecular weight is 356 g/mol. The third-order valence-corrected chi connectivity index (χ3v) is 4.72. The monoisotopic (exact) mass is 356 g/mol. The van der Waals surface area contributed by atoms with Crippen LogP contribution in [0.2, 0.25) is 0 Å². The van der Waals surface area contributed by atoms with Crippen LogP contribution >= 0.6 is 0 Å². The quantitative estimate of drug-likeness (QED) is 0.908. The van der Waals surface area contributed by atoms with Crippen molar-refractivity contribution in [3.63, 3.8) is 0 Å². The molecular formula is C19H24N4O3. The summed E-state index contributed by atoms with van der Waals surface area (Å²) in [6.07, 6.45) is 1.36. The number of methoxy groups -OCH3 is 1. The average Bonchev–Trinajstić information content (AvgIpc) is 2.60. The first-order valence-corrected chi connectivity index (χ1v) is 8.59. The van der Waals surface area contributed by atoms with E-state index in [9.17, 15) is 9.59 Å². The van der Waals surface area contributed by atoms with E-state index >= 15 is 0 Å². The van der Waals surface area contributed by atoms with Gasteiger partial charge in [0.25, 0.3) is 11.5 Å². The minimum atomic E-state index is -0.396. The molecule has 0 atom stereocenters. The zero-order chi connectivity index (χ0) is 18.9. The molecule has 26 heavy (non-hydrogen) atoms. The van der Waals surface area contributed by atoms with E-state index in [1.165, 1.54) is 6.20 Å². The maximum Gasteiger partial charge on any atom is 0.263 e. The highest BCUT2D eigenvalue weighted by molar-refractivity contribution is 5.93. The molecule has 0 unspecified atom stereocenters. The second kappa shape index (κ2) is 6.82. The van der Waals surface area contributed by atoms with Gasteiger partial charge in [-0.25, -0.2) is 4.98 Å². The van der Waals surface area contributed by atoms with Gasteiger partial charge in [-0.1, -0.05) is 12.1 Å². The lowest BCUT2D eigenvalue weighted by atomic mass is 9.97. The maximum absolute atomic E-state index is 12.8. The van der Waals surface area contributed by atoms with Crippen LogP contribution in [0.15, 0.2) is 35.3 Å². The van der Waals surface area contributed by atoms with Crippen LogP contribution in [-0.4, -0.2) is 53.1 Å². The summed E-state index contributed by atoms with van der Waals surface area (Å²) in [5.74, 6) is 1.01. The molecule has 0 bridgehead atoms. The molecule has 7 heteroatoms. The van der Waals surface area contributed by atoms with Crippen LogP contribution in [0.5, 0.6) is 5.75 Å². The van der Waals surface area contributed by atoms with Gasteiger partial charge in [-0.3, -0.25) is 9.59 Å². The van der Waals surface area contributed by atoms with Crippen LogP contribution in [0, 0.1) is 6.92 Å². The van der Waals surface area contributed by atoms with Gasteiger partial charge in [-0.15, -0.1) is 0 Å². The van der Waals surface area contributed by atoms with E-state index in [1.807, 2.05) is 24.3 Å². The van der Waals surface area contributed by atoms with E-state index in [0.717, 1.165) is 11.4 Å². The number of piperazine rings is 1. The van der Waals surface area contributed by atoms with Gasteiger partial charge in [-0.2, -0.15) is 0 Å². The summed E-state index contributed by atoms with van der Waals surface area (Å²) in [6, 6.07) is 7.86. The van der Waals surface area contributed by atoms with Gasteiger partial charge in [0.05, 0.1) is 18.3 Å². The van der Waals surface area contributed by atoms with Crippen LogP contribution < -0.4 is 15.2 Å². The zero-order valence-electron chi connectivity index (χ0n) is 15.6. The standard InChI is InChI=1S/C19H24N4O3/c1-13-20-11-14(17(24)21-13)18(25)22-9-10-23(19(2,3)12-22)15-7-5-6-8-16(15)26-4/h5-8,11H,9-10,12H2,1-4H3,(H,20,21,24). The smallest absolute Gasteiger partial charge is 0.263 e. The molecule has 138 valence electrons. The van der Waals surface area contributed by atoms with Crippen LogP contribution in [0.3, 0.4) is 0 Å². The summed E-state index contributed by atoms with van der Waals surface area (Å²) in [6.45, 7) is 7.51. The molecular weight excluding hydrogens is 332 g/mol. The van der Waals surface area contributed by atoms with Crippen molar-refractivity contribution in [1.82, 2.24) is 14.9 Å². The number of amides is 1. The molecule has 1 N–H and O–H groups in total. The minimum absolute atomic E-state index is 0.0807. The number of para-hydroxylation sites is 2. The fourth-order valence-electron chi connectivity index (χ4n) is 3.43. The van der Waals surface area contributed by atoms with Crippen molar-refractivity contribution >= 4 is 11.6 Å². The normalized spacial score (nSPS) is 16.5. The van der Waals surface area contributed by atoms with Crippen molar-refractivity contribution in [3.8, 4) is 5.75 Å². The number of nitrogens with one attached hydrogen (secondary N) is 1. The predicted octanol–water partition coefficient (Wildman–Crippen LogP) is 1.83. The number of carbonyl (C=O) groups excluding carboxylic acids is 1. The van der Waals surface area contributed by atoms with Crippen molar-refractivity contribution < 1.29 is 9.53 Å². The van der Waals surface area contributed by atoms with Gasteiger partial charge in [0.15, 0.2) is 0 Å². The summed E-state index contributed by atoms with van der Waals surface area (Å²) in [5, 5.41) is 0. The second-order valence-electron chi connectivity index (χ2n) is 7.07. The summed E-state index contributed by atoms with van der Waals surface area (Å²) in [7, 11) is 1.66. The van der Waals surface area contributed by atoms with Gasteiger partial charge in [0, 0.05) is 25.8 Å². The summed E-state index contributed by atoms with van der Waals surface area (Å²) in [5.41, 5.74) is 0.375. The summed E-state index contributed by atoms with van der Waals surface area (Å²) in [4.78, 5) is 35.5. The Morgan fingerprint density at radius 1 is 1.27 bits per heavy atom. The van der Waals surface area contributed by atoms with E-state index in [-0.39, 0.29) is 17.0 Å². The molecule has 1 amide bonds. The number of hydrogen-bond acceptors (Lipinski definition) is 5. The lowest BCUT2D eigenvalue weighted by Gasteiger charge is -2.48. The maximum atomic E-state index is 12.8. The number of ether oxygens (including phenoxy) is 1. The van der Waals surface area contributed by atoms with Gasteiger partial charge in [-0.05, 0) is 32.9 Å². The van der Waals surface area contributed by atoms with Crippen molar-refractivity contribution in [3.05, 3.63) is 52.2 Å². The molecule has 0 spiro atoms. The third kappa shape index (κ3) is 3.29. The Morgan fingerprint density at radius 3 is 2.65 bits per heavy atom. The third-order valence-electron chi connectivity index (χ3n) is 4.72. The highest BCUT2D eigenvalue weighted by Gasteiger charge is 2.37. The second-order valence-corrected chi connectivity index (χ2v) is 7.07. The molecule has 1 aliphatic rings. The molecule has 1 aromatic heterocycles. The number of rotatable bonds is 3. The van der Waals surface area contributed by atoms with Crippen molar-refractivity contribution in [2.45, 2.75) is 26.3 Å². The van der Waals surface area contributed by atoms with Crippen LogP contribution in [-0.2, 0) is 0 Å². The Bertz CT molecular complexity index is 875. The lowest BCUT2D eigenvalue weighted by molar-refractivity contribution is 0.0683. The molecule has 0 radical (unpaired) electrons. The van der Waals surface area contributed by atoms with E-state index in [0.29, 0.717) is 25.5 Å². The fourth-order valence-corrected chi connectivity index (χ4v) is 3.43. The Kier molecular flexibility index (Phi) is 4.71. The van der Waals surface area contributed by atoms with Gasteiger partial charge in [0.2, 0.25) is 0 Å². The molecule has 1 saturated heterocycles. The number of carbonyl (C=O) groups is 1. The first-order chi connectivity index (χ1) is 12.3. The van der Waals surface area contributed by atoms with E-state index in [4.69, 9.17) is 4.74 Å². The lowest BCUT2D eigenvalue weighted by Crippen LogP contribution is -2.61. The number of aryl methyl sites for hydroxylation is 1. The molecule has 7 nitrogen and oxygen atoms in total. The molecule has 2 aromatic rings. The molecule has 1 aromatic carbocycles. The van der Waals surface area contributed by atoms with E-state index in [2.05, 4.69) is 28.7 Å². The van der Waals surface area contributed by atoms with Crippen LogP contribution in [0.25, 0.3) is 0 Å². The molecule has 2 heterocycles. The zero-order valence-corrected chi connectivity index (χ0v) is 15.6. The van der Waals surface area contributed by atoms with Gasteiger partial charge >= 0.3 is 0 Å². The highest BCUT2D eigenvalue weighted by Crippen LogP contribution is 2.34. The van der Waals surface area contributed by atoms with Gasteiger partial charge in [0.1, 0.15) is 17.1 Å². The molecule has 0 aliphatic carbocycles. The number of aromatic amines is 1. The SMILES string of the molecule is COc1ccccc1N1CCN(C(=O)c2cnc(C)[nH]c2=O)CC1(C)C. The molecule has 1 aliphatic heterocycles. The number of aromatic nitrogens is 2. The Hall–Kier alpha value is -2.83. The fraction of sp³-hybridized carbons (Fsp3) is 0.421. The topological polar surface area (TPSA) is 78.5 Å². The van der Waals surface area contributed by atoms with E-state index in [1.54, 1.807) is 18.9 Å². The number of H-pyrrole nitrogens is 1. The van der Waals surface area contributed by atoms with Crippen molar-refractivity contribution in [2.24, 2.45) is 0 Å². The summed E-state index contributed by atoms with van der Waals surface area (Å²) < 4.78 is 5.49. The first-order valence-electron chi connectivity index (χ1n) is 8.59. The predicted molar refractivity (Wildman–Crippen MR) is 99.9 cm³/mol. The number of nitrogens with zero attached hydrogens (tertiary/aromatic N) is 3. The van der Waals surface area contributed by atoms with Crippen LogP contribution in [0.4, 0.5) is 5.69 Å². The highest BCUT2D eigenvalue weighted by atomic mass is 16.5. The van der Waals surface area contributed by atoms with Crippen LogP contribution in [0.1, 0.15) is 30.0 Å². The van der Waals surface area contributed by atoms with Crippen molar-refractivity contribution in [1.29, 1.82) is 0 Å².